The van der Waals surface area contributed by atoms with Crippen molar-refractivity contribution in [1.29, 1.82) is 0 Å². The van der Waals surface area contributed by atoms with Crippen molar-refractivity contribution in [2.24, 2.45) is 5.92 Å². The lowest BCUT2D eigenvalue weighted by Gasteiger charge is -2.38. The van der Waals surface area contributed by atoms with Gasteiger partial charge in [0.2, 0.25) is 10.0 Å². The smallest absolute Gasteiger partial charge is 0.410 e. The number of aryl methyl sites for hydroxylation is 1. The van der Waals surface area contributed by atoms with Crippen LogP contribution in [-0.4, -0.2) is 53.9 Å². The number of nitrogens with zero attached hydrogens (tertiary/aromatic N) is 3. The van der Waals surface area contributed by atoms with Crippen molar-refractivity contribution in [3.63, 3.8) is 0 Å². The predicted octanol–water partition coefficient (Wildman–Crippen LogP) is 6.79. The van der Waals surface area contributed by atoms with Gasteiger partial charge in [-0.05, 0) is 88.3 Å². The van der Waals surface area contributed by atoms with Crippen LogP contribution in [-0.2, 0) is 14.8 Å². The number of piperidine rings is 1. The Hall–Kier alpha value is -2.75. The van der Waals surface area contributed by atoms with Crippen molar-refractivity contribution in [2.75, 3.05) is 19.6 Å². The van der Waals surface area contributed by atoms with Gasteiger partial charge in [-0.1, -0.05) is 36.8 Å². The topological polar surface area (TPSA) is 79.8 Å². The van der Waals surface area contributed by atoms with Crippen molar-refractivity contribution in [3.05, 3.63) is 64.7 Å². The minimum Gasteiger partial charge on any atom is -0.444 e. The molecule has 9 heteroatoms. The molecule has 1 aromatic heterocycles. The molecule has 2 aromatic carbocycles. The Labute approximate surface area is 235 Å². The number of aromatic nitrogens is 1. The number of sulfonamides is 1. The first-order valence-electron chi connectivity index (χ1n) is 13.6. The Kier molecular flexibility index (Phi) is 7.61. The Morgan fingerprint density at radius 1 is 1.10 bits per heavy atom. The fourth-order valence-corrected chi connectivity index (χ4v) is 7.98. The van der Waals surface area contributed by atoms with Gasteiger partial charge in [0.15, 0.2) is 0 Å². The van der Waals surface area contributed by atoms with Crippen LogP contribution in [0.15, 0.2) is 53.4 Å². The Morgan fingerprint density at radius 3 is 2.51 bits per heavy atom. The van der Waals surface area contributed by atoms with Crippen LogP contribution in [0.25, 0.3) is 15.8 Å². The highest BCUT2D eigenvalue weighted by molar-refractivity contribution is 7.89. The molecule has 2 aliphatic rings. The number of hydrogen-bond acceptors (Lipinski definition) is 6. The molecule has 3 aromatic rings. The standard InChI is InChI=1S/C30H37N3O4S2/c1-20-6-10-24(11-7-20)39(35,36)33-19-21(2)8-12-26(33)23-9-13-27-25(18-23)31-28(38-27)22-14-16-32(17-15-22)29(34)37-30(3,4)5/h6-7,9-11,13-14,18,21,26H,8,12,15-17,19H2,1-5H3/t21-,26+/m0/s1. The average molecular weight is 568 g/mol. The van der Waals surface area contributed by atoms with E-state index in [0.717, 1.165) is 51.2 Å². The summed E-state index contributed by atoms with van der Waals surface area (Å²) in [5.41, 5.74) is 3.52. The van der Waals surface area contributed by atoms with Crippen molar-refractivity contribution < 1.29 is 17.9 Å². The summed E-state index contributed by atoms with van der Waals surface area (Å²) in [6.45, 7) is 11.3. The number of amides is 1. The third-order valence-electron chi connectivity index (χ3n) is 7.33. The number of rotatable bonds is 4. The second-order valence-electron chi connectivity index (χ2n) is 11.7. The number of carbonyl (C=O) groups excluding carboxylic acids is 1. The lowest BCUT2D eigenvalue weighted by atomic mass is 9.92. The molecule has 1 amide bonds. The molecule has 2 atom stereocenters. The SMILES string of the molecule is Cc1ccc(S(=O)(=O)N2C[C@@H](C)CC[C@@H]2c2ccc3sc(C4=CCN(C(=O)OC(C)(C)C)CC4)nc3c2)cc1. The normalized spacial score (nSPS) is 21.2. The number of ether oxygens (including phenoxy) is 1. The van der Waals surface area contributed by atoms with Gasteiger partial charge in [-0.2, -0.15) is 4.31 Å². The first-order valence-corrected chi connectivity index (χ1v) is 15.8. The average Bonchev–Trinajstić information content (AvgIpc) is 3.31. The minimum atomic E-state index is -3.63. The molecule has 0 saturated carbocycles. The zero-order valence-corrected chi connectivity index (χ0v) is 24.9. The van der Waals surface area contributed by atoms with Crippen LogP contribution in [0.4, 0.5) is 4.79 Å². The molecule has 5 rings (SSSR count). The van der Waals surface area contributed by atoms with Gasteiger partial charge in [-0.3, -0.25) is 0 Å². The van der Waals surface area contributed by atoms with Crippen LogP contribution in [0.2, 0.25) is 0 Å². The molecule has 1 saturated heterocycles. The quantitative estimate of drug-likeness (QED) is 0.347. The number of hydrogen-bond donors (Lipinski definition) is 0. The summed E-state index contributed by atoms with van der Waals surface area (Å²) in [7, 11) is -3.63. The number of benzene rings is 2. The second-order valence-corrected chi connectivity index (χ2v) is 14.7. The van der Waals surface area contributed by atoms with E-state index in [-0.39, 0.29) is 12.1 Å². The zero-order valence-electron chi connectivity index (χ0n) is 23.3. The number of fused-ring (bicyclic) bond motifs is 1. The van der Waals surface area contributed by atoms with E-state index in [1.54, 1.807) is 32.7 Å². The van der Waals surface area contributed by atoms with Crippen molar-refractivity contribution >= 4 is 43.2 Å². The largest absolute Gasteiger partial charge is 0.444 e. The summed E-state index contributed by atoms with van der Waals surface area (Å²) < 4.78 is 35.7. The van der Waals surface area contributed by atoms with Gasteiger partial charge in [0, 0.05) is 19.6 Å². The van der Waals surface area contributed by atoms with Crippen LogP contribution in [0, 0.1) is 12.8 Å². The van der Waals surface area contributed by atoms with Gasteiger partial charge < -0.3 is 9.64 Å². The monoisotopic (exact) mass is 567 g/mol. The van der Waals surface area contributed by atoms with Gasteiger partial charge in [-0.25, -0.2) is 18.2 Å². The molecular formula is C30H37N3O4S2. The van der Waals surface area contributed by atoms with E-state index in [2.05, 4.69) is 31.2 Å². The second kappa shape index (κ2) is 10.7. The molecule has 2 aliphatic heterocycles. The molecule has 1 fully saturated rings. The zero-order chi connectivity index (χ0) is 27.9. The van der Waals surface area contributed by atoms with Crippen LogP contribution < -0.4 is 0 Å². The summed E-state index contributed by atoms with van der Waals surface area (Å²) >= 11 is 1.64. The summed E-state index contributed by atoms with van der Waals surface area (Å²) in [5.74, 6) is 0.301. The van der Waals surface area contributed by atoms with Crippen LogP contribution in [0.3, 0.4) is 0 Å². The Balaban J connectivity index is 1.39. The molecule has 0 spiro atoms. The van der Waals surface area contributed by atoms with E-state index < -0.39 is 15.6 Å². The van der Waals surface area contributed by atoms with E-state index in [1.165, 1.54) is 0 Å². The molecular weight excluding hydrogens is 530 g/mol. The van der Waals surface area contributed by atoms with Crippen molar-refractivity contribution in [2.45, 2.75) is 70.4 Å². The molecule has 0 N–H and O–H groups in total. The summed E-state index contributed by atoms with van der Waals surface area (Å²) in [4.78, 5) is 19.4. The molecule has 0 unspecified atom stereocenters. The maximum atomic E-state index is 13.7. The lowest BCUT2D eigenvalue weighted by molar-refractivity contribution is 0.0270. The Bertz CT molecular complexity index is 1500. The predicted molar refractivity (Wildman–Crippen MR) is 156 cm³/mol. The van der Waals surface area contributed by atoms with Crippen LogP contribution in [0.1, 0.15) is 69.1 Å². The lowest BCUT2D eigenvalue weighted by Crippen LogP contribution is -2.41. The highest BCUT2D eigenvalue weighted by Crippen LogP contribution is 2.39. The molecule has 0 bridgehead atoms. The summed E-state index contributed by atoms with van der Waals surface area (Å²) in [6, 6.07) is 13.1. The van der Waals surface area contributed by atoms with E-state index >= 15 is 0 Å². The van der Waals surface area contributed by atoms with Gasteiger partial charge >= 0.3 is 6.09 Å². The summed E-state index contributed by atoms with van der Waals surface area (Å²) in [5, 5.41) is 0.951. The maximum Gasteiger partial charge on any atom is 0.410 e. The Morgan fingerprint density at radius 2 is 1.85 bits per heavy atom. The molecule has 7 nitrogen and oxygen atoms in total. The van der Waals surface area contributed by atoms with Crippen LogP contribution >= 0.6 is 11.3 Å². The molecule has 208 valence electrons. The van der Waals surface area contributed by atoms with Gasteiger partial charge in [-0.15, -0.1) is 11.3 Å². The number of thiazole rings is 1. The molecule has 3 heterocycles. The van der Waals surface area contributed by atoms with E-state index in [4.69, 9.17) is 9.72 Å². The van der Waals surface area contributed by atoms with E-state index in [1.807, 2.05) is 39.8 Å². The molecule has 39 heavy (non-hydrogen) atoms. The van der Waals surface area contributed by atoms with Crippen molar-refractivity contribution in [1.82, 2.24) is 14.2 Å². The van der Waals surface area contributed by atoms with Gasteiger partial charge in [0.1, 0.15) is 10.6 Å². The number of carbonyl (C=O) groups is 1. The summed E-state index contributed by atoms with van der Waals surface area (Å²) in [6.07, 6.45) is 4.24. The molecule has 0 radical (unpaired) electrons. The highest BCUT2D eigenvalue weighted by Gasteiger charge is 2.37. The first-order chi connectivity index (χ1) is 18.4. The highest BCUT2D eigenvalue weighted by atomic mass is 32.2. The van der Waals surface area contributed by atoms with Crippen LogP contribution in [0.5, 0.6) is 0 Å². The third-order valence-corrected chi connectivity index (χ3v) is 10.3. The minimum absolute atomic E-state index is 0.224. The van der Waals surface area contributed by atoms with Gasteiger partial charge in [0.05, 0.1) is 21.2 Å². The van der Waals surface area contributed by atoms with Gasteiger partial charge in [0.25, 0.3) is 0 Å². The van der Waals surface area contributed by atoms with E-state index in [9.17, 15) is 13.2 Å². The molecule has 0 aliphatic carbocycles. The van der Waals surface area contributed by atoms with E-state index in [0.29, 0.717) is 30.4 Å². The third kappa shape index (κ3) is 6.05. The first kappa shape index (κ1) is 27.8. The fourth-order valence-electron chi connectivity index (χ4n) is 5.20. The fraction of sp³-hybridized carbons (Fsp3) is 0.467. The maximum absolute atomic E-state index is 13.7. The van der Waals surface area contributed by atoms with Crippen molar-refractivity contribution in [3.8, 4) is 0 Å².